The molecule has 4 aromatic rings. The number of rotatable bonds is 6. The summed E-state index contributed by atoms with van der Waals surface area (Å²) in [6.45, 7) is 0.809. The van der Waals surface area contributed by atoms with Crippen LogP contribution in [0.3, 0.4) is 0 Å². The number of para-hydroxylation sites is 2. The lowest BCUT2D eigenvalue weighted by atomic mass is 10.1. The Morgan fingerprint density at radius 3 is 2.41 bits per heavy atom. The first-order valence-electron chi connectivity index (χ1n) is 11.1. The highest BCUT2D eigenvalue weighted by atomic mass is 32.2. The van der Waals surface area contributed by atoms with Crippen molar-refractivity contribution in [3.63, 3.8) is 0 Å². The lowest BCUT2D eigenvalue weighted by molar-refractivity contribution is -0.122. The fourth-order valence-corrected chi connectivity index (χ4v) is 5.04. The average molecular weight is 463 g/mol. The monoisotopic (exact) mass is 462 g/mol. The SMILES string of the molecule is N#CCn1cc(/C=C2\SC(=Nc3ccccc3)N(CCc3ccccc3)C2=O)c2ccccc21. The fourth-order valence-electron chi connectivity index (χ4n) is 4.03. The van der Waals surface area contributed by atoms with Crippen molar-refractivity contribution in [2.75, 3.05) is 6.54 Å². The van der Waals surface area contributed by atoms with Gasteiger partial charge in [0.2, 0.25) is 0 Å². The van der Waals surface area contributed by atoms with Gasteiger partial charge in [0.1, 0.15) is 6.54 Å². The molecule has 2 heterocycles. The van der Waals surface area contributed by atoms with E-state index >= 15 is 0 Å². The number of nitriles is 1. The number of aromatic nitrogens is 1. The third kappa shape index (κ3) is 4.52. The van der Waals surface area contributed by atoms with E-state index in [4.69, 9.17) is 4.99 Å². The molecule has 166 valence electrons. The van der Waals surface area contributed by atoms with Crippen molar-refractivity contribution in [3.05, 3.63) is 107 Å². The normalized spacial score (nSPS) is 16.0. The van der Waals surface area contributed by atoms with Gasteiger partial charge in [-0.15, -0.1) is 0 Å². The van der Waals surface area contributed by atoms with Crippen molar-refractivity contribution in [3.8, 4) is 6.07 Å². The first-order valence-corrected chi connectivity index (χ1v) is 11.9. The third-order valence-electron chi connectivity index (χ3n) is 5.68. The van der Waals surface area contributed by atoms with Crippen molar-refractivity contribution in [2.24, 2.45) is 4.99 Å². The zero-order valence-corrected chi connectivity index (χ0v) is 19.3. The van der Waals surface area contributed by atoms with Crippen molar-refractivity contribution in [1.82, 2.24) is 9.47 Å². The highest BCUT2D eigenvalue weighted by Crippen LogP contribution is 2.35. The highest BCUT2D eigenvalue weighted by Gasteiger charge is 2.33. The third-order valence-corrected chi connectivity index (χ3v) is 6.69. The van der Waals surface area contributed by atoms with Crippen LogP contribution in [0.25, 0.3) is 17.0 Å². The summed E-state index contributed by atoms with van der Waals surface area (Å²) in [5, 5.41) is 10.9. The van der Waals surface area contributed by atoms with E-state index in [1.165, 1.54) is 17.3 Å². The number of hydrogen-bond donors (Lipinski definition) is 0. The second-order valence-electron chi connectivity index (χ2n) is 7.92. The predicted octanol–water partition coefficient (Wildman–Crippen LogP) is 6.01. The van der Waals surface area contributed by atoms with Crippen molar-refractivity contribution in [1.29, 1.82) is 5.26 Å². The Bertz CT molecular complexity index is 1430. The Morgan fingerprint density at radius 1 is 0.941 bits per heavy atom. The van der Waals surface area contributed by atoms with Crippen molar-refractivity contribution < 1.29 is 4.79 Å². The molecule has 1 aliphatic heterocycles. The minimum Gasteiger partial charge on any atom is -0.333 e. The number of fused-ring (bicyclic) bond motifs is 1. The Labute approximate surface area is 202 Å². The van der Waals surface area contributed by atoms with E-state index in [2.05, 4.69) is 18.2 Å². The van der Waals surface area contributed by atoms with Gasteiger partial charge in [0.25, 0.3) is 5.91 Å². The molecule has 1 aromatic heterocycles. The van der Waals surface area contributed by atoms with Gasteiger partial charge in [0.15, 0.2) is 5.17 Å². The molecule has 0 spiro atoms. The molecule has 0 radical (unpaired) electrons. The summed E-state index contributed by atoms with van der Waals surface area (Å²) < 4.78 is 1.91. The van der Waals surface area contributed by atoms with Crippen LogP contribution >= 0.6 is 11.8 Å². The van der Waals surface area contributed by atoms with Gasteiger partial charge in [-0.2, -0.15) is 5.26 Å². The zero-order valence-electron chi connectivity index (χ0n) is 18.5. The second-order valence-corrected chi connectivity index (χ2v) is 8.93. The molecule has 0 unspecified atom stereocenters. The van der Waals surface area contributed by atoms with Crippen LogP contribution in [-0.4, -0.2) is 27.1 Å². The minimum absolute atomic E-state index is 0.0484. The standard InChI is InChI=1S/C28H22N4OS/c29-16-18-31-20-22(24-13-7-8-14-25(24)31)19-26-27(33)32(17-15-21-9-3-1-4-10-21)28(34-26)30-23-11-5-2-6-12-23/h1-14,19-20H,15,17-18H2/b26-19-,30-28?. The van der Waals surface area contributed by atoms with Crippen LogP contribution in [0.1, 0.15) is 11.1 Å². The van der Waals surface area contributed by atoms with Crippen LogP contribution in [0.5, 0.6) is 0 Å². The van der Waals surface area contributed by atoms with E-state index in [-0.39, 0.29) is 12.5 Å². The van der Waals surface area contributed by atoms with E-state index < -0.39 is 0 Å². The van der Waals surface area contributed by atoms with E-state index in [9.17, 15) is 10.1 Å². The Morgan fingerprint density at radius 2 is 1.65 bits per heavy atom. The summed E-state index contributed by atoms with van der Waals surface area (Å²) in [5.41, 5.74) is 3.89. The predicted molar refractivity (Wildman–Crippen MR) is 139 cm³/mol. The highest BCUT2D eigenvalue weighted by molar-refractivity contribution is 8.18. The largest absolute Gasteiger partial charge is 0.333 e. The fraction of sp³-hybridized carbons (Fsp3) is 0.107. The number of benzene rings is 3. The number of aliphatic imine (C=N–C) groups is 1. The Kier molecular flexibility index (Phi) is 6.28. The molecule has 1 amide bonds. The van der Waals surface area contributed by atoms with Gasteiger partial charge >= 0.3 is 0 Å². The number of amidine groups is 1. The van der Waals surface area contributed by atoms with E-state index in [0.717, 1.165) is 28.6 Å². The Balaban J connectivity index is 1.51. The molecule has 3 aromatic carbocycles. The van der Waals surface area contributed by atoms with E-state index in [0.29, 0.717) is 16.6 Å². The number of carbonyl (C=O) groups is 1. The zero-order chi connectivity index (χ0) is 23.3. The smallest absolute Gasteiger partial charge is 0.266 e. The van der Waals surface area contributed by atoms with E-state index in [1.54, 1.807) is 4.90 Å². The van der Waals surface area contributed by atoms with E-state index in [1.807, 2.05) is 89.6 Å². The molecule has 0 atom stereocenters. The lowest BCUT2D eigenvalue weighted by Gasteiger charge is -2.15. The van der Waals surface area contributed by atoms with Crippen LogP contribution in [0, 0.1) is 11.3 Å². The molecule has 0 N–H and O–H groups in total. The van der Waals surface area contributed by atoms with Crippen LogP contribution < -0.4 is 0 Å². The number of hydrogen-bond acceptors (Lipinski definition) is 4. The summed E-state index contributed by atoms with van der Waals surface area (Å²) in [7, 11) is 0. The van der Waals surface area contributed by atoms with Gasteiger partial charge in [-0.3, -0.25) is 9.69 Å². The Hall–Kier alpha value is -4.08. The number of amides is 1. The molecule has 5 nitrogen and oxygen atoms in total. The quantitative estimate of drug-likeness (QED) is 0.330. The molecular formula is C28H22N4OS. The maximum absolute atomic E-state index is 13.5. The molecule has 1 aliphatic rings. The first kappa shape index (κ1) is 21.7. The first-order chi connectivity index (χ1) is 16.7. The van der Waals surface area contributed by atoms with Gasteiger partial charge in [-0.25, -0.2) is 4.99 Å². The van der Waals surface area contributed by atoms with Crippen molar-refractivity contribution in [2.45, 2.75) is 13.0 Å². The second kappa shape index (κ2) is 9.82. The molecule has 0 bridgehead atoms. The summed E-state index contributed by atoms with van der Waals surface area (Å²) >= 11 is 1.40. The molecule has 1 fully saturated rings. The molecule has 0 aliphatic carbocycles. The van der Waals surface area contributed by atoms with Gasteiger partial charge in [-0.1, -0.05) is 66.7 Å². The summed E-state index contributed by atoms with van der Waals surface area (Å²) in [5.74, 6) is -0.0484. The lowest BCUT2D eigenvalue weighted by Crippen LogP contribution is -2.31. The topological polar surface area (TPSA) is 61.4 Å². The number of carbonyl (C=O) groups excluding carboxylic acids is 1. The molecule has 6 heteroatoms. The molecular weight excluding hydrogens is 440 g/mol. The van der Waals surface area contributed by atoms with Gasteiger partial charge in [0.05, 0.1) is 16.7 Å². The van der Waals surface area contributed by atoms with Gasteiger partial charge < -0.3 is 4.57 Å². The van der Waals surface area contributed by atoms with Gasteiger partial charge in [-0.05, 0) is 48.0 Å². The summed E-state index contributed by atoms with van der Waals surface area (Å²) in [6.07, 6.45) is 4.61. The summed E-state index contributed by atoms with van der Waals surface area (Å²) in [4.78, 5) is 20.7. The van der Waals surface area contributed by atoms with Gasteiger partial charge in [0, 0.05) is 29.2 Å². The molecule has 0 saturated carbocycles. The molecule has 5 rings (SSSR count). The van der Waals surface area contributed by atoms with Crippen LogP contribution in [0.15, 0.2) is 101 Å². The van der Waals surface area contributed by atoms with Crippen LogP contribution in [-0.2, 0) is 17.8 Å². The summed E-state index contributed by atoms with van der Waals surface area (Å²) in [6, 6.07) is 30.0. The number of thioether (sulfide) groups is 1. The van der Waals surface area contributed by atoms with Crippen LogP contribution in [0.2, 0.25) is 0 Å². The van der Waals surface area contributed by atoms with Crippen LogP contribution in [0.4, 0.5) is 5.69 Å². The molecule has 1 saturated heterocycles. The number of nitrogens with zero attached hydrogens (tertiary/aromatic N) is 4. The maximum atomic E-state index is 13.5. The average Bonchev–Trinajstić information content (AvgIpc) is 3.36. The minimum atomic E-state index is -0.0484. The maximum Gasteiger partial charge on any atom is 0.266 e. The van der Waals surface area contributed by atoms with Crippen molar-refractivity contribution >= 4 is 45.5 Å². The molecule has 34 heavy (non-hydrogen) atoms.